The number of likely N-dealkylation sites (tertiary alicyclic amines) is 1. The fourth-order valence-electron chi connectivity index (χ4n) is 4.75. The Kier molecular flexibility index (Phi) is 10.7. The van der Waals surface area contributed by atoms with Gasteiger partial charge in [0.2, 0.25) is 0 Å². The van der Waals surface area contributed by atoms with Gasteiger partial charge in [0, 0.05) is 31.6 Å². The summed E-state index contributed by atoms with van der Waals surface area (Å²) < 4.78 is 2.12. The third-order valence-electron chi connectivity index (χ3n) is 6.34. The third-order valence-corrected chi connectivity index (χ3v) is 6.34. The van der Waals surface area contributed by atoms with Gasteiger partial charge < -0.3 is 15.2 Å². The molecule has 0 atom stereocenters. The minimum atomic E-state index is 0. The number of aliphatic imine (C=N–C) groups is 1. The highest BCUT2D eigenvalue weighted by molar-refractivity contribution is 14.0. The van der Waals surface area contributed by atoms with Gasteiger partial charge in [-0.05, 0) is 45.7 Å². The number of nitrogens with one attached hydrogen (secondary N) is 2. The standard InChI is InChI=1S/C21H39N7.HI/c1-3-19-26-25-18-27(19)16-13-23-20(22-4-2)24-17-21(11-7-5-8-12-21)28-14-9-6-10-15-28;/h18H,3-17H2,1-2H3,(H2,22,23,24);1H. The maximum Gasteiger partial charge on any atom is 0.191 e. The number of aryl methyl sites for hydroxylation is 1. The Morgan fingerprint density at radius 2 is 1.79 bits per heavy atom. The number of nitrogens with zero attached hydrogens (tertiary/aromatic N) is 5. The maximum absolute atomic E-state index is 5.06. The van der Waals surface area contributed by atoms with Crippen molar-refractivity contribution in [3.05, 3.63) is 12.2 Å². The summed E-state index contributed by atoms with van der Waals surface area (Å²) in [5.41, 5.74) is 0.282. The number of halogens is 1. The molecule has 3 rings (SSSR count). The highest BCUT2D eigenvalue weighted by Crippen LogP contribution is 2.35. The Bertz CT molecular complexity index is 604. The average molecular weight is 518 g/mol. The Hall–Kier alpha value is -0.900. The normalized spacial score (nSPS) is 20.1. The van der Waals surface area contributed by atoms with Gasteiger partial charge in [-0.15, -0.1) is 34.2 Å². The second kappa shape index (κ2) is 12.7. The Labute approximate surface area is 193 Å². The number of guanidine groups is 1. The number of hydrogen-bond acceptors (Lipinski definition) is 4. The Balaban J connectivity index is 0.00000300. The van der Waals surface area contributed by atoms with Crippen molar-refractivity contribution in [2.24, 2.45) is 4.99 Å². The summed E-state index contributed by atoms with van der Waals surface area (Å²) in [6.07, 6.45) is 13.5. The molecule has 1 saturated heterocycles. The van der Waals surface area contributed by atoms with Gasteiger partial charge in [-0.2, -0.15) is 0 Å². The summed E-state index contributed by atoms with van der Waals surface area (Å²) in [4.78, 5) is 7.83. The molecule has 1 aromatic rings. The molecule has 1 aromatic heterocycles. The Morgan fingerprint density at radius 1 is 1.07 bits per heavy atom. The van der Waals surface area contributed by atoms with Gasteiger partial charge in [0.25, 0.3) is 0 Å². The highest BCUT2D eigenvalue weighted by atomic mass is 127. The number of aromatic nitrogens is 3. The Morgan fingerprint density at radius 3 is 2.48 bits per heavy atom. The quantitative estimate of drug-likeness (QED) is 0.315. The van der Waals surface area contributed by atoms with Crippen LogP contribution in [0.5, 0.6) is 0 Å². The minimum absolute atomic E-state index is 0. The zero-order valence-corrected chi connectivity index (χ0v) is 20.7. The molecule has 1 aliphatic heterocycles. The van der Waals surface area contributed by atoms with Crippen molar-refractivity contribution in [1.82, 2.24) is 30.3 Å². The molecule has 7 nitrogen and oxygen atoms in total. The van der Waals surface area contributed by atoms with Crippen molar-refractivity contribution in [3.63, 3.8) is 0 Å². The van der Waals surface area contributed by atoms with Gasteiger partial charge in [0.05, 0.1) is 6.54 Å². The third kappa shape index (κ3) is 6.80. The van der Waals surface area contributed by atoms with Gasteiger partial charge in [-0.3, -0.25) is 9.89 Å². The maximum atomic E-state index is 5.06. The van der Waals surface area contributed by atoms with Crippen LogP contribution in [-0.2, 0) is 13.0 Å². The van der Waals surface area contributed by atoms with Crippen molar-refractivity contribution in [2.45, 2.75) is 83.7 Å². The lowest BCUT2D eigenvalue weighted by molar-refractivity contribution is 0.0407. The molecule has 2 N–H and O–H groups in total. The first-order valence-corrected chi connectivity index (χ1v) is 11.4. The molecule has 1 aliphatic carbocycles. The van der Waals surface area contributed by atoms with Gasteiger partial charge in [0.15, 0.2) is 5.96 Å². The van der Waals surface area contributed by atoms with Crippen LogP contribution < -0.4 is 10.6 Å². The predicted molar refractivity (Wildman–Crippen MR) is 130 cm³/mol. The minimum Gasteiger partial charge on any atom is -0.357 e. The summed E-state index contributed by atoms with van der Waals surface area (Å²) in [6.45, 7) is 10.2. The molecule has 29 heavy (non-hydrogen) atoms. The summed E-state index contributed by atoms with van der Waals surface area (Å²) in [6, 6.07) is 0. The summed E-state index contributed by atoms with van der Waals surface area (Å²) in [5.74, 6) is 1.98. The zero-order valence-electron chi connectivity index (χ0n) is 18.3. The molecule has 0 aromatic carbocycles. The molecule has 8 heteroatoms. The molecule has 0 radical (unpaired) electrons. The topological polar surface area (TPSA) is 70.4 Å². The van der Waals surface area contributed by atoms with E-state index in [1.165, 1.54) is 64.5 Å². The molecule has 2 heterocycles. The lowest BCUT2D eigenvalue weighted by atomic mass is 9.79. The number of hydrogen-bond donors (Lipinski definition) is 2. The van der Waals surface area contributed by atoms with Crippen molar-refractivity contribution < 1.29 is 0 Å². The van der Waals surface area contributed by atoms with Crippen molar-refractivity contribution in [2.75, 3.05) is 32.7 Å². The van der Waals surface area contributed by atoms with Gasteiger partial charge in [-0.25, -0.2) is 0 Å². The monoisotopic (exact) mass is 517 g/mol. The van der Waals surface area contributed by atoms with Crippen LogP contribution in [0.25, 0.3) is 0 Å². The molecular formula is C21H40IN7. The molecular weight excluding hydrogens is 477 g/mol. The van der Waals surface area contributed by atoms with Crippen LogP contribution in [-0.4, -0.2) is 63.9 Å². The van der Waals surface area contributed by atoms with E-state index in [0.29, 0.717) is 0 Å². The summed E-state index contributed by atoms with van der Waals surface area (Å²) in [5, 5.41) is 15.1. The van der Waals surface area contributed by atoms with E-state index in [-0.39, 0.29) is 29.5 Å². The van der Waals surface area contributed by atoms with Crippen LogP contribution in [0.15, 0.2) is 11.3 Å². The molecule has 0 unspecified atom stereocenters. The second-order valence-corrected chi connectivity index (χ2v) is 8.25. The molecule has 0 spiro atoms. The molecule has 166 valence electrons. The van der Waals surface area contributed by atoms with Crippen LogP contribution in [0.4, 0.5) is 0 Å². The molecule has 0 bridgehead atoms. The summed E-state index contributed by atoms with van der Waals surface area (Å²) >= 11 is 0. The second-order valence-electron chi connectivity index (χ2n) is 8.25. The van der Waals surface area contributed by atoms with E-state index in [2.05, 4.69) is 44.1 Å². The van der Waals surface area contributed by atoms with Crippen molar-refractivity contribution >= 4 is 29.9 Å². The van der Waals surface area contributed by atoms with Crippen molar-refractivity contribution in [3.8, 4) is 0 Å². The van der Waals surface area contributed by atoms with Crippen LogP contribution >= 0.6 is 24.0 Å². The van der Waals surface area contributed by atoms with E-state index in [4.69, 9.17) is 4.99 Å². The van der Waals surface area contributed by atoms with E-state index >= 15 is 0 Å². The van der Waals surface area contributed by atoms with Crippen molar-refractivity contribution in [1.29, 1.82) is 0 Å². The first kappa shape index (κ1) is 24.4. The largest absolute Gasteiger partial charge is 0.357 e. The highest BCUT2D eigenvalue weighted by Gasteiger charge is 2.38. The first-order chi connectivity index (χ1) is 13.8. The van der Waals surface area contributed by atoms with E-state index in [9.17, 15) is 0 Å². The SMILES string of the molecule is CCNC(=NCC1(N2CCCCC2)CCCCC1)NCCn1cnnc1CC.I. The van der Waals surface area contributed by atoms with Gasteiger partial charge in [0.1, 0.15) is 12.2 Å². The van der Waals surface area contributed by atoms with Crippen LogP contribution in [0.1, 0.15) is 71.0 Å². The smallest absolute Gasteiger partial charge is 0.191 e. The average Bonchev–Trinajstić information content (AvgIpc) is 3.21. The molecule has 2 aliphatic rings. The fraction of sp³-hybridized carbons (Fsp3) is 0.857. The van der Waals surface area contributed by atoms with Crippen LogP contribution in [0.2, 0.25) is 0 Å². The lowest BCUT2D eigenvalue weighted by Crippen LogP contribution is -2.54. The van der Waals surface area contributed by atoms with Crippen LogP contribution in [0, 0.1) is 0 Å². The molecule has 0 amide bonds. The predicted octanol–water partition coefficient (Wildman–Crippen LogP) is 3.20. The first-order valence-electron chi connectivity index (χ1n) is 11.4. The van der Waals surface area contributed by atoms with Gasteiger partial charge >= 0.3 is 0 Å². The van der Waals surface area contributed by atoms with E-state index in [1.54, 1.807) is 0 Å². The fourth-order valence-corrected chi connectivity index (χ4v) is 4.75. The van der Waals surface area contributed by atoms with E-state index in [1.807, 2.05) is 6.33 Å². The lowest BCUT2D eigenvalue weighted by Gasteiger charge is -2.47. The van der Waals surface area contributed by atoms with Gasteiger partial charge in [-0.1, -0.05) is 32.6 Å². The van der Waals surface area contributed by atoms with Crippen LogP contribution in [0.3, 0.4) is 0 Å². The molecule has 2 fully saturated rings. The molecule has 1 saturated carbocycles. The van der Waals surface area contributed by atoms with E-state index < -0.39 is 0 Å². The van der Waals surface area contributed by atoms with E-state index in [0.717, 1.165) is 44.4 Å². The summed E-state index contributed by atoms with van der Waals surface area (Å²) in [7, 11) is 0. The number of piperidine rings is 1. The number of rotatable bonds is 8. The zero-order chi connectivity index (χ0) is 19.7.